The molecule has 94 valence electrons. The summed E-state index contributed by atoms with van der Waals surface area (Å²) in [5.74, 6) is 1.02. The Balaban J connectivity index is 1.60. The van der Waals surface area contributed by atoms with Crippen LogP contribution in [0.15, 0.2) is 54.9 Å². The Morgan fingerprint density at radius 3 is 2.89 bits per heavy atom. The van der Waals surface area contributed by atoms with Gasteiger partial charge in [-0.15, -0.1) is 0 Å². The third-order valence-electron chi connectivity index (χ3n) is 3.64. The number of para-hydroxylation sites is 3. The number of nitrogens with zero attached hydrogens (tertiary/aromatic N) is 2. The lowest BCUT2D eigenvalue weighted by atomic mass is 10.1. The third kappa shape index (κ3) is 1.78. The van der Waals surface area contributed by atoms with Gasteiger partial charge >= 0.3 is 0 Å². The molecule has 3 aromatic rings. The summed E-state index contributed by atoms with van der Waals surface area (Å²) in [6, 6.07) is 16.5. The second-order valence-electron chi connectivity index (χ2n) is 4.94. The summed E-state index contributed by atoms with van der Waals surface area (Å²) in [6.07, 6.45) is 3.08. The van der Waals surface area contributed by atoms with Gasteiger partial charge in [0.1, 0.15) is 11.9 Å². The smallest absolute Gasteiger partial charge is 0.123 e. The summed E-state index contributed by atoms with van der Waals surface area (Å²) >= 11 is 0. The van der Waals surface area contributed by atoms with Crippen molar-refractivity contribution in [3.05, 3.63) is 60.4 Å². The zero-order chi connectivity index (χ0) is 12.7. The van der Waals surface area contributed by atoms with Crippen LogP contribution in [-0.4, -0.2) is 15.7 Å². The maximum absolute atomic E-state index is 5.98. The maximum Gasteiger partial charge on any atom is 0.123 e. The minimum atomic E-state index is 0.204. The summed E-state index contributed by atoms with van der Waals surface area (Å²) in [6.45, 7) is 0.842. The van der Waals surface area contributed by atoms with Crippen LogP contribution in [0.4, 0.5) is 0 Å². The predicted octanol–water partition coefficient (Wildman–Crippen LogP) is 3.04. The molecule has 3 nitrogen and oxygen atoms in total. The van der Waals surface area contributed by atoms with E-state index in [9.17, 15) is 0 Å². The molecule has 0 saturated heterocycles. The first-order chi connectivity index (χ1) is 9.40. The SMILES string of the molecule is c1ccc2c(c1)CC(Cn1cnc3ccccc31)O2. The summed E-state index contributed by atoms with van der Waals surface area (Å²) in [5, 5.41) is 0. The van der Waals surface area contributed by atoms with Gasteiger partial charge in [-0.2, -0.15) is 0 Å². The zero-order valence-electron chi connectivity index (χ0n) is 10.5. The van der Waals surface area contributed by atoms with E-state index in [2.05, 4.69) is 27.8 Å². The number of fused-ring (bicyclic) bond motifs is 2. The molecule has 0 saturated carbocycles. The molecular weight excluding hydrogens is 236 g/mol. The van der Waals surface area contributed by atoms with Crippen molar-refractivity contribution in [3.8, 4) is 5.75 Å². The lowest BCUT2D eigenvalue weighted by molar-refractivity contribution is 0.211. The molecule has 2 aromatic carbocycles. The van der Waals surface area contributed by atoms with Crippen molar-refractivity contribution in [1.82, 2.24) is 9.55 Å². The van der Waals surface area contributed by atoms with Crippen molar-refractivity contribution in [2.24, 2.45) is 0 Å². The first kappa shape index (κ1) is 10.6. The van der Waals surface area contributed by atoms with Gasteiger partial charge in [0, 0.05) is 6.42 Å². The molecule has 4 rings (SSSR count). The molecule has 0 fully saturated rings. The van der Waals surface area contributed by atoms with Gasteiger partial charge in [0.05, 0.1) is 23.9 Å². The van der Waals surface area contributed by atoms with Gasteiger partial charge < -0.3 is 9.30 Å². The highest BCUT2D eigenvalue weighted by Crippen LogP contribution is 2.29. The normalized spacial score (nSPS) is 17.4. The molecule has 0 N–H and O–H groups in total. The van der Waals surface area contributed by atoms with E-state index in [0.29, 0.717) is 0 Å². The average Bonchev–Trinajstić information content (AvgIpc) is 3.03. The molecule has 1 unspecified atom stereocenters. The van der Waals surface area contributed by atoms with Crippen molar-refractivity contribution in [3.63, 3.8) is 0 Å². The van der Waals surface area contributed by atoms with E-state index in [1.165, 1.54) is 11.1 Å². The number of aromatic nitrogens is 2. The summed E-state index contributed by atoms with van der Waals surface area (Å²) in [5.41, 5.74) is 3.51. The van der Waals surface area contributed by atoms with Gasteiger partial charge in [-0.3, -0.25) is 0 Å². The fraction of sp³-hybridized carbons (Fsp3) is 0.188. The van der Waals surface area contributed by atoms with Gasteiger partial charge in [-0.25, -0.2) is 4.98 Å². The van der Waals surface area contributed by atoms with Gasteiger partial charge in [0.2, 0.25) is 0 Å². The van der Waals surface area contributed by atoms with Crippen molar-refractivity contribution in [2.45, 2.75) is 19.1 Å². The van der Waals surface area contributed by atoms with Crippen LogP contribution >= 0.6 is 0 Å². The van der Waals surface area contributed by atoms with Crippen LogP contribution < -0.4 is 4.74 Å². The van der Waals surface area contributed by atoms with E-state index in [4.69, 9.17) is 4.74 Å². The molecule has 0 amide bonds. The Labute approximate surface area is 111 Å². The largest absolute Gasteiger partial charge is 0.488 e. The lowest BCUT2D eigenvalue weighted by Crippen LogP contribution is -2.20. The van der Waals surface area contributed by atoms with Crippen LogP contribution in [0.1, 0.15) is 5.56 Å². The van der Waals surface area contributed by atoms with Crippen molar-refractivity contribution >= 4 is 11.0 Å². The van der Waals surface area contributed by atoms with E-state index in [-0.39, 0.29) is 6.10 Å². The van der Waals surface area contributed by atoms with Gasteiger partial charge in [0.25, 0.3) is 0 Å². The fourth-order valence-electron chi connectivity index (χ4n) is 2.73. The quantitative estimate of drug-likeness (QED) is 0.699. The number of hydrogen-bond donors (Lipinski definition) is 0. The molecular formula is C16H14N2O. The number of benzene rings is 2. The fourth-order valence-corrected chi connectivity index (χ4v) is 2.73. The molecule has 1 aliphatic heterocycles. The first-order valence-corrected chi connectivity index (χ1v) is 6.54. The summed E-state index contributed by atoms with van der Waals surface area (Å²) in [4.78, 5) is 4.42. The molecule has 0 aliphatic carbocycles. The summed E-state index contributed by atoms with van der Waals surface area (Å²) in [7, 11) is 0. The monoisotopic (exact) mass is 250 g/mol. The van der Waals surface area contributed by atoms with E-state index in [1.54, 1.807) is 0 Å². The van der Waals surface area contributed by atoms with Crippen LogP contribution in [0, 0.1) is 0 Å². The van der Waals surface area contributed by atoms with Crippen molar-refractivity contribution < 1.29 is 4.74 Å². The lowest BCUT2D eigenvalue weighted by Gasteiger charge is -2.12. The van der Waals surface area contributed by atoms with Crippen LogP contribution in [0.25, 0.3) is 11.0 Å². The third-order valence-corrected chi connectivity index (χ3v) is 3.64. The minimum absolute atomic E-state index is 0.204. The highest BCUT2D eigenvalue weighted by molar-refractivity contribution is 5.74. The van der Waals surface area contributed by atoms with E-state index >= 15 is 0 Å². The number of rotatable bonds is 2. The van der Waals surface area contributed by atoms with E-state index < -0.39 is 0 Å². The van der Waals surface area contributed by atoms with Gasteiger partial charge in [-0.05, 0) is 23.8 Å². The molecule has 0 spiro atoms. The van der Waals surface area contributed by atoms with E-state index in [0.717, 1.165) is 24.2 Å². The zero-order valence-corrected chi connectivity index (χ0v) is 10.5. The molecule has 19 heavy (non-hydrogen) atoms. The average molecular weight is 250 g/mol. The van der Waals surface area contributed by atoms with Crippen molar-refractivity contribution in [2.75, 3.05) is 0 Å². The van der Waals surface area contributed by atoms with Gasteiger partial charge in [0.15, 0.2) is 0 Å². The molecule has 0 radical (unpaired) electrons. The Kier molecular flexibility index (Phi) is 2.30. The second kappa shape index (κ2) is 4.12. The molecule has 3 heteroatoms. The molecule has 0 bridgehead atoms. The number of imidazole rings is 1. The predicted molar refractivity (Wildman–Crippen MR) is 74.3 cm³/mol. The Hall–Kier alpha value is -2.29. The highest BCUT2D eigenvalue weighted by Gasteiger charge is 2.22. The molecule has 1 aromatic heterocycles. The van der Waals surface area contributed by atoms with Crippen LogP contribution in [0.3, 0.4) is 0 Å². The molecule has 1 atom stereocenters. The minimum Gasteiger partial charge on any atom is -0.488 e. The van der Waals surface area contributed by atoms with Crippen LogP contribution in [-0.2, 0) is 13.0 Å². The standard InChI is InChI=1S/C16H14N2O/c1-4-8-16-12(5-1)9-13(19-16)10-18-11-17-14-6-2-3-7-15(14)18/h1-8,11,13H,9-10H2. The molecule has 2 heterocycles. The maximum atomic E-state index is 5.98. The van der Waals surface area contributed by atoms with Gasteiger partial charge in [-0.1, -0.05) is 30.3 Å². The summed E-state index contributed by atoms with van der Waals surface area (Å²) < 4.78 is 8.15. The Bertz CT molecular complexity index is 707. The number of hydrogen-bond acceptors (Lipinski definition) is 2. The first-order valence-electron chi connectivity index (χ1n) is 6.54. The second-order valence-corrected chi connectivity index (χ2v) is 4.94. The van der Waals surface area contributed by atoms with Crippen molar-refractivity contribution in [1.29, 1.82) is 0 Å². The van der Waals surface area contributed by atoms with E-state index in [1.807, 2.05) is 36.7 Å². The topological polar surface area (TPSA) is 27.1 Å². The molecule has 1 aliphatic rings. The Morgan fingerprint density at radius 2 is 1.95 bits per heavy atom. The highest BCUT2D eigenvalue weighted by atomic mass is 16.5. The van der Waals surface area contributed by atoms with Crippen LogP contribution in [0.2, 0.25) is 0 Å². The Morgan fingerprint density at radius 1 is 1.11 bits per heavy atom. The van der Waals surface area contributed by atoms with Crippen LogP contribution in [0.5, 0.6) is 5.75 Å². The number of ether oxygens (including phenoxy) is 1.